The lowest BCUT2D eigenvalue weighted by atomic mass is 9.76. The van der Waals surface area contributed by atoms with Crippen LogP contribution in [0.2, 0.25) is 0 Å². The van der Waals surface area contributed by atoms with Crippen LogP contribution in [0.25, 0.3) is 0 Å². The number of phenolic OH excluding ortho intramolecular Hbond substituents is 1. The molecule has 1 heterocycles. The first-order chi connectivity index (χ1) is 7.53. The summed E-state index contributed by atoms with van der Waals surface area (Å²) in [5.41, 5.74) is -0.203. The minimum Gasteiger partial charge on any atom is -0.550 e. The summed E-state index contributed by atoms with van der Waals surface area (Å²) < 4.78 is 18.1. The number of carboxylic acids is 1. The van der Waals surface area contributed by atoms with Crippen molar-refractivity contribution in [2.75, 3.05) is 13.2 Å². The van der Waals surface area contributed by atoms with Gasteiger partial charge in [0.05, 0.1) is 13.2 Å². The third-order valence-corrected chi connectivity index (χ3v) is 2.80. The minimum absolute atomic E-state index is 0.211. The Hall–Kier alpha value is -1.62. The van der Waals surface area contributed by atoms with Crippen LogP contribution < -0.4 is 5.11 Å². The molecule has 0 unspecified atom stereocenters. The first-order valence-electron chi connectivity index (χ1n) is 4.80. The van der Waals surface area contributed by atoms with Crippen molar-refractivity contribution in [2.24, 2.45) is 0 Å². The lowest BCUT2D eigenvalue weighted by molar-refractivity contribution is -0.309. The summed E-state index contributed by atoms with van der Waals surface area (Å²) >= 11 is 0. The maximum absolute atomic E-state index is 13.2. The molecule has 5 heteroatoms. The Kier molecular flexibility index (Phi) is 2.55. The van der Waals surface area contributed by atoms with Crippen LogP contribution in [0.3, 0.4) is 0 Å². The summed E-state index contributed by atoms with van der Waals surface area (Å²) in [5.74, 6) is -2.41. The van der Waals surface area contributed by atoms with Crippen molar-refractivity contribution in [1.82, 2.24) is 0 Å². The number of carbonyl (C=O) groups is 1. The molecule has 1 N–H and O–H groups in total. The summed E-state index contributed by atoms with van der Waals surface area (Å²) in [5, 5.41) is 19.7. The second-order valence-electron chi connectivity index (χ2n) is 3.99. The largest absolute Gasteiger partial charge is 0.550 e. The van der Waals surface area contributed by atoms with E-state index in [0.717, 1.165) is 6.07 Å². The van der Waals surface area contributed by atoms with Gasteiger partial charge in [0.15, 0.2) is 11.6 Å². The van der Waals surface area contributed by atoms with E-state index >= 15 is 0 Å². The van der Waals surface area contributed by atoms with Gasteiger partial charge in [0.1, 0.15) is 0 Å². The number of phenols is 1. The highest BCUT2D eigenvalue weighted by Gasteiger charge is 2.40. The lowest BCUT2D eigenvalue weighted by Gasteiger charge is -2.42. The molecule has 0 atom stereocenters. The van der Waals surface area contributed by atoms with E-state index in [-0.39, 0.29) is 19.6 Å². The predicted octanol–water partition coefficient (Wildman–Crippen LogP) is -0.0607. The van der Waals surface area contributed by atoms with Crippen LogP contribution in [0.15, 0.2) is 18.2 Å². The van der Waals surface area contributed by atoms with Gasteiger partial charge in [-0.2, -0.15) is 0 Å². The molecule has 0 saturated carbocycles. The van der Waals surface area contributed by atoms with Gasteiger partial charge in [-0.15, -0.1) is 0 Å². The van der Waals surface area contributed by atoms with E-state index in [0.29, 0.717) is 5.56 Å². The molecule has 0 bridgehead atoms. The zero-order chi connectivity index (χ0) is 11.8. The zero-order valence-corrected chi connectivity index (χ0v) is 8.40. The Bertz CT molecular complexity index is 426. The first-order valence-corrected chi connectivity index (χ1v) is 4.80. The second-order valence-corrected chi connectivity index (χ2v) is 3.99. The molecule has 16 heavy (non-hydrogen) atoms. The molecular weight excluding hydrogens is 215 g/mol. The first kappa shape index (κ1) is 10.9. The van der Waals surface area contributed by atoms with Crippen molar-refractivity contribution in [3.63, 3.8) is 0 Å². The van der Waals surface area contributed by atoms with Crippen LogP contribution in [0, 0.1) is 5.82 Å². The van der Waals surface area contributed by atoms with E-state index in [2.05, 4.69) is 0 Å². The fourth-order valence-electron chi connectivity index (χ4n) is 1.83. The number of aliphatic carboxylic acids is 1. The highest BCUT2D eigenvalue weighted by Crippen LogP contribution is 2.36. The monoisotopic (exact) mass is 225 g/mol. The van der Waals surface area contributed by atoms with E-state index in [1.807, 2.05) is 0 Å². The normalized spacial score (nSPS) is 17.8. The maximum Gasteiger partial charge on any atom is 0.165 e. The van der Waals surface area contributed by atoms with Gasteiger partial charge in [-0.05, 0) is 17.7 Å². The summed E-state index contributed by atoms with van der Waals surface area (Å²) in [7, 11) is 0. The Morgan fingerprint density at radius 2 is 2.25 bits per heavy atom. The molecule has 1 fully saturated rings. The quantitative estimate of drug-likeness (QED) is 0.782. The molecule has 86 valence electrons. The summed E-state index contributed by atoms with van der Waals surface area (Å²) in [4.78, 5) is 10.6. The van der Waals surface area contributed by atoms with Crippen molar-refractivity contribution in [3.8, 4) is 5.75 Å². The molecule has 1 saturated heterocycles. The van der Waals surface area contributed by atoms with Crippen molar-refractivity contribution in [2.45, 2.75) is 11.8 Å². The number of rotatable bonds is 3. The third kappa shape index (κ3) is 1.74. The number of carbonyl (C=O) groups excluding carboxylic acids is 1. The zero-order valence-electron chi connectivity index (χ0n) is 8.40. The standard InChI is InChI=1S/C11H11FO4/c12-8-3-7(1-2-9(8)13)11(4-10(14)15)5-16-6-11/h1-3,13H,4-6H2,(H,14,15)/p-1. The van der Waals surface area contributed by atoms with Crippen LogP contribution in [0.1, 0.15) is 12.0 Å². The Morgan fingerprint density at radius 1 is 1.56 bits per heavy atom. The molecule has 4 nitrogen and oxygen atoms in total. The molecule has 0 amide bonds. The van der Waals surface area contributed by atoms with Gasteiger partial charge >= 0.3 is 0 Å². The second kappa shape index (κ2) is 3.75. The number of aromatic hydroxyl groups is 1. The predicted molar refractivity (Wildman–Crippen MR) is 50.2 cm³/mol. The SMILES string of the molecule is O=C([O-])CC1(c2ccc(O)c(F)c2)COC1. The van der Waals surface area contributed by atoms with Crippen molar-refractivity contribution < 1.29 is 24.1 Å². The van der Waals surface area contributed by atoms with E-state index < -0.39 is 23.0 Å². The summed E-state index contributed by atoms with van der Waals surface area (Å²) in [6.45, 7) is 0.455. The van der Waals surface area contributed by atoms with Crippen LogP contribution in [0.4, 0.5) is 4.39 Å². The van der Waals surface area contributed by atoms with E-state index in [9.17, 15) is 14.3 Å². The van der Waals surface area contributed by atoms with Gasteiger partial charge in [-0.3, -0.25) is 0 Å². The number of hydrogen-bond acceptors (Lipinski definition) is 4. The molecule has 1 aromatic rings. The van der Waals surface area contributed by atoms with Gasteiger partial charge in [-0.1, -0.05) is 6.07 Å². The van der Waals surface area contributed by atoms with Crippen molar-refractivity contribution in [3.05, 3.63) is 29.6 Å². The van der Waals surface area contributed by atoms with Crippen LogP contribution >= 0.6 is 0 Å². The molecule has 1 aliphatic heterocycles. The highest BCUT2D eigenvalue weighted by molar-refractivity contribution is 5.67. The smallest absolute Gasteiger partial charge is 0.165 e. The van der Waals surface area contributed by atoms with Crippen molar-refractivity contribution in [1.29, 1.82) is 0 Å². The number of carboxylic acid groups (broad SMARTS) is 1. The highest BCUT2D eigenvalue weighted by atomic mass is 19.1. The van der Waals surface area contributed by atoms with Crippen LogP contribution in [-0.4, -0.2) is 24.3 Å². The van der Waals surface area contributed by atoms with Gasteiger partial charge in [0.2, 0.25) is 0 Å². The van der Waals surface area contributed by atoms with E-state index in [1.165, 1.54) is 12.1 Å². The fraction of sp³-hybridized carbons (Fsp3) is 0.364. The molecular formula is C11H10FO4-. The number of halogens is 1. The van der Waals surface area contributed by atoms with Gasteiger partial charge < -0.3 is 19.7 Å². The third-order valence-electron chi connectivity index (χ3n) is 2.80. The Labute approximate surface area is 91.3 Å². The number of hydrogen-bond donors (Lipinski definition) is 1. The van der Waals surface area contributed by atoms with Crippen molar-refractivity contribution >= 4 is 5.97 Å². The number of ether oxygens (including phenoxy) is 1. The fourth-order valence-corrected chi connectivity index (χ4v) is 1.83. The molecule has 0 aliphatic carbocycles. The maximum atomic E-state index is 13.2. The van der Waals surface area contributed by atoms with Gasteiger partial charge in [0.25, 0.3) is 0 Å². The molecule has 2 rings (SSSR count). The van der Waals surface area contributed by atoms with E-state index in [4.69, 9.17) is 9.84 Å². The van der Waals surface area contributed by atoms with Crippen LogP contribution in [0.5, 0.6) is 5.75 Å². The molecule has 1 aliphatic rings. The van der Waals surface area contributed by atoms with Gasteiger partial charge in [0, 0.05) is 17.8 Å². The topological polar surface area (TPSA) is 69.6 Å². The lowest BCUT2D eigenvalue weighted by Crippen LogP contribution is -2.50. The molecule has 0 aromatic heterocycles. The average molecular weight is 225 g/mol. The number of benzene rings is 1. The Balaban J connectivity index is 2.33. The van der Waals surface area contributed by atoms with E-state index in [1.54, 1.807) is 0 Å². The minimum atomic E-state index is -1.20. The summed E-state index contributed by atoms with van der Waals surface area (Å²) in [6, 6.07) is 3.85. The summed E-state index contributed by atoms with van der Waals surface area (Å²) in [6.07, 6.45) is -0.211. The average Bonchev–Trinajstić information content (AvgIpc) is 2.16. The van der Waals surface area contributed by atoms with Crippen LogP contribution in [-0.2, 0) is 14.9 Å². The molecule has 1 aromatic carbocycles. The van der Waals surface area contributed by atoms with Gasteiger partial charge in [-0.25, -0.2) is 4.39 Å². The molecule has 0 radical (unpaired) electrons. The molecule has 0 spiro atoms. The Morgan fingerprint density at radius 3 is 2.69 bits per heavy atom.